The molecule has 2 N–H and O–H groups in total. The number of hydrogen-bond acceptors (Lipinski definition) is 2. The van der Waals surface area contributed by atoms with Crippen molar-refractivity contribution in [3.05, 3.63) is 29.8 Å². The van der Waals surface area contributed by atoms with Crippen LogP contribution in [0, 0.1) is 0 Å². The highest BCUT2D eigenvalue weighted by Gasteiger charge is 2.27. The van der Waals surface area contributed by atoms with Gasteiger partial charge in [-0.2, -0.15) is 0 Å². The minimum atomic E-state index is -0.389. The van der Waals surface area contributed by atoms with Crippen molar-refractivity contribution in [2.75, 3.05) is 5.32 Å². The van der Waals surface area contributed by atoms with Crippen LogP contribution in [0.4, 0.5) is 5.69 Å². The zero-order chi connectivity index (χ0) is 13.1. The van der Waals surface area contributed by atoms with Crippen molar-refractivity contribution >= 4 is 17.5 Å². The van der Waals surface area contributed by atoms with Crippen LogP contribution >= 0.6 is 0 Å². The Morgan fingerprint density at radius 1 is 1.44 bits per heavy atom. The smallest absolute Gasteiger partial charge is 0.246 e. The zero-order valence-corrected chi connectivity index (χ0v) is 10.7. The Hall–Kier alpha value is -1.84. The standard InChI is InChI=1S/C14H18N2O2/c1-9(2)10-4-3-5-11(8-10)15-14(18)12-6-7-13(17)16-12/h3-5,8-9,12H,6-7H2,1-2H3,(H,15,18)(H,16,17)/t12-/m1/s1. The SMILES string of the molecule is CC(C)c1cccc(NC(=O)[C@H]2CCC(=O)N2)c1. The summed E-state index contributed by atoms with van der Waals surface area (Å²) in [4.78, 5) is 23.0. The second-order valence-electron chi connectivity index (χ2n) is 4.93. The van der Waals surface area contributed by atoms with E-state index < -0.39 is 0 Å². The maximum atomic E-state index is 11.9. The summed E-state index contributed by atoms with van der Waals surface area (Å²) in [5.74, 6) is 0.237. The average molecular weight is 246 g/mol. The van der Waals surface area contributed by atoms with Crippen molar-refractivity contribution in [2.45, 2.75) is 38.6 Å². The molecule has 96 valence electrons. The first-order valence-electron chi connectivity index (χ1n) is 6.26. The lowest BCUT2D eigenvalue weighted by Crippen LogP contribution is -2.37. The molecule has 1 aromatic carbocycles. The van der Waals surface area contributed by atoms with E-state index in [1.807, 2.05) is 24.3 Å². The molecule has 1 atom stereocenters. The predicted octanol–water partition coefficient (Wildman–Crippen LogP) is 2.03. The normalized spacial score (nSPS) is 18.8. The summed E-state index contributed by atoms with van der Waals surface area (Å²) in [7, 11) is 0. The molecule has 1 heterocycles. The third-order valence-electron chi connectivity index (χ3n) is 3.13. The maximum absolute atomic E-state index is 11.9. The fourth-order valence-corrected chi connectivity index (χ4v) is 2.02. The average Bonchev–Trinajstić information content (AvgIpc) is 2.76. The first-order valence-corrected chi connectivity index (χ1v) is 6.26. The second-order valence-corrected chi connectivity index (χ2v) is 4.93. The maximum Gasteiger partial charge on any atom is 0.246 e. The van der Waals surface area contributed by atoms with Gasteiger partial charge in [-0.05, 0) is 30.0 Å². The summed E-state index contributed by atoms with van der Waals surface area (Å²) in [6.45, 7) is 4.22. The van der Waals surface area contributed by atoms with Gasteiger partial charge < -0.3 is 10.6 Å². The van der Waals surface area contributed by atoms with E-state index in [0.29, 0.717) is 18.8 Å². The van der Waals surface area contributed by atoms with Crippen molar-refractivity contribution < 1.29 is 9.59 Å². The van der Waals surface area contributed by atoms with Crippen molar-refractivity contribution in [1.82, 2.24) is 5.32 Å². The molecule has 0 radical (unpaired) electrons. The lowest BCUT2D eigenvalue weighted by molar-refractivity contribution is -0.122. The van der Waals surface area contributed by atoms with Gasteiger partial charge in [-0.15, -0.1) is 0 Å². The van der Waals surface area contributed by atoms with Gasteiger partial charge in [0.05, 0.1) is 0 Å². The fraction of sp³-hybridized carbons (Fsp3) is 0.429. The molecule has 2 amide bonds. The largest absolute Gasteiger partial charge is 0.344 e. The Morgan fingerprint density at radius 3 is 2.83 bits per heavy atom. The number of hydrogen-bond donors (Lipinski definition) is 2. The molecule has 1 aromatic rings. The number of carbonyl (C=O) groups is 2. The Morgan fingerprint density at radius 2 is 2.22 bits per heavy atom. The van der Waals surface area contributed by atoms with Crippen LogP contribution in [0.2, 0.25) is 0 Å². The first-order chi connectivity index (χ1) is 8.56. The molecule has 1 fully saturated rings. The molecule has 1 aliphatic rings. The molecule has 1 aliphatic heterocycles. The van der Waals surface area contributed by atoms with Crippen LogP contribution in [-0.4, -0.2) is 17.9 Å². The van der Waals surface area contributed by atoms with Gasteiger partial charge in [-0.1, -0.05) is 26.0 Å². The fourth-order valence-electron chi connectivity index (χ4n) is 2.02. The van der Waals surface area contributed by atoms with Crippen LogP contribution in [0.1, 0.15) is 38.2 Å². The molecule has 0 aromatic heterocycles. The van der Waals surface area contributed by atoms with Gasteiger partial charge in [-0.25, -0.2) is 0 Å². The van der Waals surface area contributed by atoms with E-state index in [-0.39, 0.29) is 17.9 Å². The van der Waals surface area contributed by atoms with Crippen molar-refractivity contribution in [3.8, 4) is 0 Å². The molecule has 18 heavy (non-hydrogen) atoms. The van der Waals surface area contributed by atoms with Crippen molar-refractivity contribution in [1.29, 1.82) is 0 Å². The Bertz CT molecular complexity index is 469. The third-order valence-corrected chi connectivity index (χ3v) is 3.13. The highest BCUT2D eigenvalue weighted by atomic mass is 16.2. The number of benzene rings is 1. The molecule has 0 bridgehead atoms. The van der Waals surface area contributed by atoms with Crippen LogP contribution < -0.4 is 10.6 Å². The third kappa shape index (κ3) is 2.88. The lowest BCUT2D eigenvalue weighted by atomic mass is 10.0. The van der Waals surface area contributed by atoms with Crippen molar-refractivity contribution in [2.24, 2.45) is 0 Å². The van der Waals surface area contributed by atoms with Gasteiger partial charge >= 0.3 is 0 Å². The van der Waals surface area contributed by atoms with E-state index in [4.69, 9.17) is 0 Å². The van der Waals surface area contributed by atoms with Gasteiger partial charge in [0.15, 0.2) is 0 Å². The summed E-state index contributed by atoms with van der Waals surface area (Å²) < 4.78 is 0. The summed E-state index contributed by atoms with van der Waals surface area (Å²) >= 11 is 0. The lowest BCUT2D eigenvalue weighted by Gasteiger charge is -2.12. The summed E-state index contributed by atoms with van der Waals surface area (Å²) in [5, 5.41) is 5.51. The molecular formula is C14H18N2O2. The van der Waals surface area contributed by atoms with Gasteiger partial charge in [0, 0.05) is 12.1 Å². The minimum absolute atomic E-state index is 0.0499. The quantitative estimate of drug-likeness (QED) is 0.857. The van der Waals surface area contributed by atoms with E-state index in [0.717, 1.165) is 5.69 Å². The number of nitrogens with one attached hydrogen (secondary N) is 2. The summed E-state index contributed by atoms with van der Waals surface area (Å²) in [6, 6.07) is 7.41. The molecular weight excluding hydrogens is 228 g/mol. The highest BCUT2D eigenvalue weighted by molar-refractivity contribution is 5.99. The van der Waals surface area contributed by atoms with Gasteiger partial charge in [0.2, 0.25) is 11.8 Å². The number of anilines is 1. The van der Waals surface area contributed by atoms with E-state index in [2.05, 4.69) is 24.5 Å². The zero-order valence-electron chi connectivity index (χ0n) is 10.7. The molecule has 1 saturated heterocycles. The topological polar surface area (TPSA) is 58.2 Å². The molecule has 0 aliphatic carbocycles. The highest BCUT2D eigenvalue weighted by Crippen LogP contribution is 2.19. The first kappa shape index (κ1) is 12.6. The van der Waals surface area contributed by atoms with Gasteiger partial charge in [-0.3, -0.25) is 9.59 Å². The molecule has 4 heteroatoms. The number of amides is 2. The van der Waals surface area contributed by atoms with Crippen LogP contribution in [0.3, 0.4) is 0 Å². The Kier molecular flexibility index (Phi) is 3.65. The monoisotopic (exact) mass is 246 g/mol. The van der Waals surface area contributed by atoms with Gasteiger partial charge in [0.1, 0.15) is 6.04 Å². The Labute approximate surface area is 107 Å². The van der Waals surface area contributed by atoms with Crippen LogP contribution in [0.15, 0.2) is 24.3 Å². The molecule has 0 saturated carbocycles. The molecule has 0 unspecified atom stereocenters. The van der Waals surface area contributed by atoms with Crippen LogP contribution in [0.25, 0.3) is 0 Å². The molecule has 2 rings (SSSR count). The number of carbonyl (C=O) groups excluding carboxylic acids is 2. The second kappa shape index (κ2) is 5.21. The molecule has 4 nitrogen and oxygen atoms in total. The molecule has 0 spiro atoms. The van der Waals surface area contributed by atoms with Crippen LogP contribution in [-0.2, 0) is 9.59 Å². The summed E-state index contributed by atoms with van der Waals surface area (Å²) in [6.07, 6.45) is 1.01. The number of rotatable bonds is 3. The van der Waals surface area contributed by atoms with E-state index in [1.165, 1.54) is 5.56 Å². The Balaban J connectivity index is 2.02. The van der Waals surface area contributed by atoms with Crippen molar-refractivity contribution in [3.63, 3.8) is 0 Å². The van der Waals surface area contributed by atoms with E-state index in [9.17, 15) is 9.59 Å². The minimum Gasteiger partial charge on any atom is -0.344 e. The van der Waals surface area contributed by atoms with E-state index in [1.54, 1.807) is 0 Å². The van der Waals surface area contributed by atoms with E-state index >= 15 is 0 Å². The van der Waals surface area contributed by atoms with Gasteiger partial charge in [0.25, 0.3) is 0 Å². The predicted molar refractivity (Wildman–Crippen MR) is 70.3 cm³/mol. The van der Waals surface area contributed by atoms with Crippen LogP contribution in [0.5, 0.6) is 0 Å². The summed E-state index contributed by atoms with van der Waals surface area (Å²) in [5.41, 5.74) is 1.97.